The van der Waals surface area contributed by atoms with Crippen molar-refractivity contribution in [3.8, 4) is 0 Å². The van der Waals surface area contributed by atoms with Crippen LogP contribution in [0.4, 0.5) is 0 Å². The van der Waals surface area contributed by atoms with Crippen molar-refractivity contribution in [3.05, 3.63) is 0 Å². The Morgan fingerprint density at radius 2 is 1.91 bits per heavy atom. The Kier molecular flexibility index (Phi) is 6.26. The number of halogens is 3. The minimum Gasteiger partial charge on any atom is -0.467 e. The quantitative estimate of drug-likeness (QED) is 0.517. The van der Waals surface area contributed by atoms with E-state index in [1.54, 1.807) is 0 Å². The minimum absolute atomic E-state index is 0.0131. The lowest BCUT2D eigenvalue weighted by molar-refractivity contribution is -0.142. The molecule has 3 unspecified atom stereocenters. The van der Waals surface area contributed by atoms with E-state index < -0.39 is 15.2 Å². The first kappa shape index (κ1) is 20.1. The number of aliphatic imine (C=N–C) groups is 1. The molecule has 1 aliphatic rings. The third kappa shape index (κ3) is 4.10. The third-order valence-electron chi connectivity index (χ3n) is 4.43. The molecular formula is C16H26Cl3NO2. The number of carbonyl (C=O) groups excluding carboxylic acids is 1. The van der Waals surface area contributed by atoms with Gasteiger partial charge in [0.05, 0.1) is 12.8 Å². The number of methoxy groups -OCH3 is 1. The summed E-state index contributed by atoms with van der Waals surface area (Å²) in [6.45, 7) is 10.2. The lowest BCUT2D eigenvalue weighted by Gasteiger charge is -2.46. The maximum absolute atomic E-state index is 12.4. The molecule has 3 atom stereocenters. The average molecular weight is 371 g/mol. The Bertz CT molecular complexity index is 457. The highest BCUT2D eigenvalue weighted by atomic mass is 35.5. The zero-order valence-corrected chi connectivity index (χ0v) is 16.4. The number of carbonyl (C=O) groups is 1. The van der Waals surface area contributed by atoms with Gasteiger partial charge < -0.3 is 4.74 Å². The van der Waals surface area contributed by atoms with Crippen LogP contribution in [0.25, 0.3) is 0 Å². The predicted octanol–water partition coefficient (Wildman–Crippen LogP) is 5.01. The van der Waals surface area contributed by atoms with Gasteiger partial charge in [0.15, 0.2) is 9.21 Å². The fourth-order valence-electron chi connectivity index (χ4n) is 2.67. The van der Waals surface area contributed by atoms with Gasteiger partial charge in [-0.2, -0.15) is 0 Å². The summed E-state index contributed by atoms with van der Waals surface area (Å²) in [7, 11) is 1.32. The van der Waals surface area contributed by atoms with Gasteiger partial charge in [0.1, 0.15) is 0 Å². The first-order chi connectivity index (χ1) is 9.88. The van der Waals surface area contributed by atoms with E-state index in [0.29, 0.717) is 18.6 Å². The Morgan fingerprint density at radius 1 is 1.36 bits per heavy atom. The molecule has 0 saturated heterocycles. The largest absolute Gasteiger partial charge is 0.467 e. The summed E-state index contributed by atoms with van der Waals surface area (Å²) in [5, 5.41) is 0. The molecule has 0 aromatic carbocycles. The highest BCUT2D eigenvalue weighted by molar-refractivity contribution is 6.65. The molecule has 0 N–H and O–H groups in total. The second kappa shape index (κ2) is 6.86. The van der Waals surface area contributed by atoms with Crippen molar-refractivity contribution in [3.63, 3.8) is 0 Å². The lowest BCUT2D eigenvalue weighted by atomic mass is 9.67. The van der Waals surface area contributed by atoms with Gasteiger partial charge >= 0.3 is 5.97 Å². The zero-order chi connectivity index (χ0) is 17.3. The second-order valence-electron chi connectivity index (χ2n) is 7.20. The highest BCUT2D eigenvalue weighted by Crippen LogP contribution is 2.52. The minimum atomic E-state index is -1.40. The SMILES string of the molecule is CCC(C)N=C1C(Cl)(Cl)CC(C(C)(C)C)CC1(Cl)C(=O)OC. The van der Waals surface area contributed by atoms with Gasteiger partial charge in [-0.3, -0.25) is 4.99 Å². The van der Waals surface area contributed by atoms with Crippen molar-refractivity contribution in [2.75, 3.05) is 7.11 Å². The molecule has 0 bridgehead atoms. The predicted molar refractivity (Wildman–Crippen MR) is 94.4 cm³/mol. The molecule has 22 heavy (non-hydrogen) atoms. The number of esters is 1. The number of ether oxygens (including phenoxy) is 1. The van der Waals surface area contributed by atoms with E-state index in [2.05, 4.69) is 25.8 Å². The Hall–Kier alpha value is 0.01000. The van der Waals surface area contributed by atoms with E-state index in [1.807, 2.05) is 13.8 Å². The summed E-state index contributed by atoms with van der Waals surface area (Å²) in [6.07, 6.45) is 1.74. The summed E-state index contributed by atoms with van der Waals surface area (Å²) >= 11 is 19.8. The van der Waals surface area contributed by atoms with Crippen LogP contribution in [-0.2, 0) is 9.53 Å². The van der Waals surface area contributed by atoms with Crippen LogP contribution in [0.1, 0.15) is 53.9 Å². The smallest absolute Gasteiger partial charge is 0.332 e. The van der Waals surface area contributed by atoms with Crippen molar-refractivity contribution in [1.29, 1.82) is 0 Å². The summed E-state index contributed by atoms with van der Waals surface area (Å²) in [5.74, 6) is -0.467. The van der Waals surface area contributed by atoms with Crippen LogP contribution in [-0.4, -0.2) is 34.0 Å². The van der Waals surface area contributed by atoms with Crippen LogP contribution < -0.4 is 0 Å². The molecule has 0 aromatic rings. The molecule has 1 saturated carbocycles. The molecule has 1 fully saturated rings. The third-order valence-corrected chi connectivity index (χ3v) is 5.58. The first-order valence-corrected chi connectivity index (χ1v) is 8.75. The van der Waals surface area contributed by atoms with E-state index in [9.17, 15) is 4.79 Å². The molecule has 128 valence electrons. The first-order valence-electron chi connectivity index (χ1n) is 7.62. The van der Waals surface area contributed by atoms with Gasteiger partial charge in [-0.05, 0) is 37.5 Å². The number of hydrogen-bond acceptors (Lipinski definition) is 3. The maximum Gasteiger partial charge on any atom is 0.332 e. The second-order valence-corrected chi connectivity index (χ2v) is 9.33. The number of rotatable bonds is 3. The molecule has 0 spiro atoms. The molecule has 0 amide bonds. The van der Waals surface area contributed by atoms with Gasteiger partial charge in [0.2, 0.25) is 0 Å². The average Bonchev–Trinajstić information content (AvgIpc) is 2.39. The van der Waals surface area contributed by atoms with Gasteiger partial charge in [-0.1, -0.05) is 62.5 Å². The van der Waals surface area contributed by atoms with E-state index in [4.69, 9.17) is 39.5 Å². The number of hydrogen-bond donors (Lipinski definition) is 0. The fraction of sp³-hybridized carbons (Fsp3) is 0.875. The molecule has 3 nitrogen and oxygen atoms in total. The van der Waals surface area contributed by atoms with E-state index in [0.717, 1.165) is 6.42 Å². The van der Waals surface area contributed by atoms with Gasteiger partial charge in [-0.15, -0.1) is 0 Å². The van der Waals surface area contributed by atoms with E-state index >= 15 is 0 Å². The van der Waals surface area contributed by atoms with Gasteiger partial charge in [0.25, 0.3) is 0 Å². The molecule has 1 aliphatic carbocycles. The number of nitrogens with zero attached hydrogens (tertiary/aromatic N) is 1. The Balaban J connectivity index is 3.40. The highest BCUT2D eigenvalue weighted by Gasteiger charge is 2.58. The van der Waals surface area contributed by atoms with Crippen LogP contribution in [0.3, 0.4) is 0 Å². The standard InChI is InChI=1S/C16H26Cl3NO2/c1-7-10(2)20-12-15(17,13(21)22-6)8-11(14(3,4)5)9-16(12,18)19/h10-11H,7-9H2,1-6H3. The van der Waals surface area contributed by atoms with E-state index in [-0.39, 0.29) is 17.4 Å². The van der Waals surface area contributed by atoms with Crippen LogP contribution in [0.2, 0.25) is 0 Å². The van der Waals surface area contributed by atoms with Crippen LogP contribution in [0.15, 0.2) is 4.99 Å². The lowest BCUT2D eigenvalue weighted by Crippen LogP contribution is -2.57. The van der Waals surface area contributed by atoms with Crippen molar-refractivity contribution in [2.24, 2.45) is 16.3 Å². The number of alkyl halides is 3. The molecular weight excluding hydrogens is 345 g/mol. The van der Waals surface area contributed by atoms with E-state index in [1.165, 1.54) is 7.11 Å². The summed E-state index contributed by atoms with van der Waals surface area (Å²) < 4.78 is 3.66. The van der Waals surface area contributed by atoms with Crippen LogP contribution in [0, 0.1) is 11.3 Å². The monoisotopic (exact) mass is 369 g/mol. The summed E-state index contributed by atoms with van der Waals surface area (Å²) in [6, 6.07) is -0.0131. The van der Waals surface area contributed by atoms with Crippen molar-refractivity contribution < 1.29 is 9.53 Å². The maximum atomic E-state index is 12.4. The molecule has 0 aromatic heterocycles. The summed E-state index contributed by atoms with van der Waals surface area (Å²) in [4.78, 5) is 15.5. The van der Waals surface area contributed by atoms with Gasteiger partial charge in [0, 0.05) is 6.04 Å². The fourth-order valence-corrected chi connectivity index (χ4v) is 4.03. The molecule has 0 radical (unpaired) electrons. The van der Waals surface area contributed by atoms with Crippen LogP contribution >= 0.6 is 34.8 Å². The van der Waals surface area contributed by atoms with Gasteiger partial charge in [-0.25, -0.2) is 4.79 Å². The molecule has 6 heteroatoms. The Morgan fingerprint density at radius 3 is 2.32 bits per heavy atom. The van der Waals surface area contributed by atoms with Crippen molar-refractivity contribution in [2.45, 2.75) is 69.1 Å². The van der Waals surface area contributed by atoms with Crippen molar-refractivity contribution >= 4 is 46.5 Å². The summed E-state index contributed by atoms with van der Waals surface area (Å²) in [5.41, 5.74) is 0.247. The molecule has 0 heterocycles. The molecule has 1 rings (SSSR count). The van der Waals surface area contributed by atoms with Crippen LogP contribution in [0.5, 0.6) is 0 Å². The Labute approximate surface area is 148 Å². The normalized spacial score (nSPS) is 31.9. The molecule has 0 aliphatic heterocycles. The zero-order valence-electron chi connectivity index (χ0n) is 14.2. The van der Waals surface area contributed by atoms with Crippen molar-refractivity contribution in [1.82, 2.24) is 0 Å². The topological polar surface area (TPSA) is 38.7 Å².